The Bertz CT molecular complexity index is 748. The lowest BCUT2D eigenvalue weighted by molar-refractivity contribution is 0.482. The number of benzene rings is 1. The summed E-state index contributed by atoms with van der Waals surface area (Å²) in [7, 11) is 0. The van der Waals surface area contributed by atoms with E-state index in [0.717, 1.165) is 27.7 Å². The SMILES string of the molecule is Cc1[nH]c2cccc(O)c2c1-c1cc(CN)cnn1. The molecule has 96 valence electrons. The number of nitrogens with two attached hydrogens (primary N) is 1. The number of H-pyrrole nitrogens is 1. The van der Waals surface area contributed by atoms with Crippen LogP contribution in [0.15, 0.2) is 30.5 Å². The van der Waals surface area contributed by atoms with E-state index in [2.05, 4.69) is 15.2 Å². The summed E-state index contributed by atoms with van der Waals surface area (Å²) in [5.41, 5.74) is 9.95. The van der Waals surface area contributed by atoms with Crippen LogP contribution in [0, 0.1) is 6.92 Å². The Morgan fingerprint density at radius 3 is 3.00 bits per heavy atom. The number of aromatic nitrogens is 3. The van der Waals surface area contributed by atoms with Gasteiger partial charge in [0, 0.05) is 17.8 Å². The van der Waals surface area contributed by atoms with Gasteiger partial charge in [0.1, 0.15) is 5.75 Å². The maximum atomic E-state index is 10.1. The van der Waals surface area contributed by atoms with Crippen LogP contribution in [0.2, 0.25) is 0 Å². The molecule has 5 heteroatoms. The van der Waals surface area contributed by atoms with Crippen LogP contribution in [0.1, 0.15) is 11.3 Å². The second-order valence-corrected chi connectivity index (χ2v) is 4.48. The summed E-state index contributed by atoms with van der Waals surface area (Å²) in [4.78, 5) is 3.24. The molecular weight excluding hydrogens is 240 g/mol. The summed E-state index contributed by atoms with van der Waals surface area (Å²) in [6.45, 7) is 2.36. The molecule has 1 aromatic carbocycles. The summed E-state index contributed by atoms with van der Waals surface area (Å²) in [6.07, 6.45) is 1.65. The molecule has 3 rings (SSSR count). The number of nitrogens with one attached hydrogen (secondary N) is 1. The number of nitrogens with zero attached hydrogens (tertiary/aromatic N) is 2. The molecule has 0 radical (unpaired) electrons. The smallest absolute Gasteiger partial charge is 0.125 e. The van der Waals surface area contributed by atoms with E-state index in [9.17, 15) is 5.11 Å². The lowest BCUT2D eigenvalue weighted by Crippen LogP contribution is -1.99. The number of aryl methyl sites for hydroxylation is 1. The maximum absolute atomic E-state index is 10.1. The van der Waals surface area contributed by atoms with Crippen LogP contribution in [0.3, 0.4) is 0 Å². The Balaban J connectivity index is 2.32. The first-order chi connectivity index (χ1) is 9.20. The number of rotatable bonds is 2. The van der Waals surface area contributed by atoms with Crippen LogP contribution >= 0.6 is 0 Å². The molecule has 2 aromatic heterocycles. The Morgan fingerprint density at radius 2 is 2.21 bits per heavy atom. The highest BCUT2D eigenvalue weighted by Gasteiger charge is 2.15. The quantitative estimate of drug-likeness (QED) is 0.653. The predicted molar refractivity (Wildman–Crippen MR) is 73.6 cm³/mol. The number of aromatic amines is 1. The van der Waals surface area contributed by atoms with Crippen LogP contribution in [0.5, 0.6) is 5.75 Å². The van der Waals surface area contributed by atoms with Gasteiger partial charge in [-0.1, -0.05) is 6.07 Å². The fourth-order valence-corrected chi connectivity index (χ4v) is 2.32. The third-order valence-corrected chi connectivity index (χ3v) is 3.19. The zero-order chi connectivity index (χ0) is 13.4. The molecule has 0 saturated carbocycles. The first-order valence-corrected chi connectivity index (χ1v) is 6.03. The van der Waals surface area contributed by atoms with Gasteiger partial charge in [-0.25, -0.2) is 0 Å². The molecule has 0 saturated heterocycles. The van der Waals surface area contributed by atoms with Gasteiger partial charge in [0.2, 0.25) is 0 Å². The highest BCUT2D eigenvalue weighted by Crippen LogP contribution is 2.36. The van der Waals surface area contributed by atoms with Crippen molar-refractivity contribution in [3.05, 3.63) is 41.7 Å². The van der Waals surface area contributed by atoms with Crippen LogP contribution in [-0.2, 0) is 6.54 Å². The molecule has 0 unspecified atom stereocenters. The molecule has 0 spiro atoms. The van der Waals surface area contributed by atoms with Gasteiger partial charge >= 0.3 is 0 Å². The number of hydrogen-bond donors (Lipinski definition) is 3. The van der Waals surface area contributed by atoms with Gasteiger partial charge in [0.25, 0.3) is 0 Å². The molecule has 0 aliphatic rings. The van der Waals surface area contributed by atoms with Crippen LogP contribution < -0.4 is 5.73 Å². The second-order valence-electron chi connectivity index (χ2n) is 4.48. The summed E-state index contributed by atoms with van der Waals surface area (Å²) in [5.74, 6) is 0.233. The van der Waals surface area contributed by atoms with Crippen molar-refractivity contribution in [2.45, 2.75) is 13.5 Å². The minimum absolute atomic E-state index is 0.233. The maximum Gasteiger partial charge on any atom is 0.125 e. The third kappa shape index (κ3) is 1.84. The molecule has 0 bridgehead atoms. The molecule has 0 atom stereocenters. The first-order valence-electron chi connectivity index (χ1n) is 6.03. The van der Waals surface area contributed by atoms with Crippen LogP contribution in [0.4, 0.5) is 0 Å². The number of aromatic hydroxyl groups is 1. The van der Waals surface area contributed by atoms with Gasteiger partial charge in [-0.05, 0) is 30.7 Å². The van der Waals surface area contributed by atoms with Crippen molar-refractivity contribution in [2.24, 2.45) is 5.73 Å². The molecule has 0 amide bonds. The molecule has 4 N–H and O–H groups in total. The van der Waals surface area contributed by atoms with E-state index in [1.54, 1.807) is 18.3 Å². The van der Waals surface area contributed by atoms with Crippen molar-refractivity contribution in [2.75, 3.05) is 0 Å². The van der Waals surface area contributed by atoms with Crippen molar-refractivity contribution in [1.82, 2.24) is 15.2 Å². The van der Waals surface area contributed by atoms with E-state index >= 15 is 0 Å². The molecule has 0 fully saturated rings. The number of phenols is 1. The van der Waals surface area contributed by atoms with Crippen LogP contribution in [-0.4, -0.2) is 20.3 Å². The summed E-state index contributed by atoms with van der Waals surface area (Å²) >= 11 is 0. The van der Waals surface area contributed by atoms with E-state index in [4.69, 9.17) is 5.73 Å². The molecule has 3 aromatic rings. The Morgan fingerprint density at radius 1 is 1.37 bits per heavy atom. The predicted octanol–water partition coefficient (Wildman–Crippen LogP) is 2.10. The highest BCUT2D eigenvalue weighted by atomic mass is 16.3. The molecule has 0 aliphatic carbocycles. The van der Waals surface area contributed by atoms with Crippen molar-refractivity contribution >= 4 is 10.9 Å². The van der Waals surface area contributed by atoms with E-state index in [1.807, 2.05) is 19.1 Å². The highest BCUT2D eigenvalue weighted by molar-refractivity contribution is 6.00. The molecular formula is C14H14N4O. The lowest BCUT2D eigenvalue weighted by atomic mass is 10.1. The first kappa shape index (κ1) is 11.7. The monoisotopic (exact) mass is 254 g/mol. The Hall–Kier alpha value is -2.40. The largest absolute Gasteiger partial charge is 0.507 e. The fourth-order valence-electron chi connectivity index (χ4n) is 2.32. The second kappa shape index (κ2) is 4.37. The fraction of sp³-hybridized carbons (Fsp3) is 0.143. The van der Waals surface area contributed by atoms with Crippen LogP contribution in [0.25, 0.3) is 22.2 Å². The van der Waals surface area contributed by atoms with E-state index in [-0.39, 0.29) is 5.75 Å². The standard InChI is InChI=1S/C14H14N4O/c1-8-13(11-5-9(6-15)7-16-18-11)14-10(17-8)3-2-4-12(14)19/h2-5,7,17,19H,6,15H2,1H3. The molecule has 0 aliphatic heterocycles. The average Bonchev–Trinajstić information content (AvgIpc) is 2.76. The minimum Gasteiger partial charge on any atom is -0.507 e. The molecule has 5 nitrogen and oxygen atoms in total. The number of phenolic OH excluding ortho intramolecular Hbond substituents is 1. The van der Waals surface area contributed by atoms with E-state index in [0.29, 0.717) is 12.2 Å². The van der Waals surface area contributed by atoms with Gasteiger partial charge < -0.3 is 15.8 Å². The number of fused-ring (bicyclic) bond motifs is 1. The van der Waals surface area contributed by atoms with E-state index < -0.39 is 0 Å². The normalized spacial score (nSPS) is 11.1. The van der Waals surface area contributed by atoms with Gasteiger partial charge in [-0.15, -0.1) is 0 Å². The average molecular weight is 254 g/mol. The third-order valence-electron chi connectivity index (χ3n) is 3.19. The topological polar surface area (TPSA) is 87.8 Å². The Kier molecular flexibility index (Phi) is 2.68. The van der Waals surface area contributed by atoms with Crippen molar-refractivity contribution in [1.29, 1.82) is 0 Å². The van der Waals surface area contributed by atoms with Gasteiger partial charge in [-0.2, -0.15) is 10.2 Å². The molecule has 19 heavy (non-hydrogen) atoms. The van der Waals surface area contributed by atoms with Gasteiger partial charge in [0.05, 0.1) is 22.8 Å². The summed E-state index contributed by atoms with van der Waals surface area (Å²) in [6, 6.07) is 7.29. The van der Waals surface area contributed by atoms with Gasteiger partial charge in [0.15, 0.2) is 0 Å². The molecule has 2 heterocycles. The zero-order valence-electron chi connectivity index (χ0n) is 10.5. The van der Waals surface area contributed by atoms with Crippen molar-refractivity contribution < 1.29 is 5.11 Å². The van der Waals surface area contributed by atoms with Crippen molar-refractivity contribution in [3.8, 4) is 17.0 Å². The minimum atomic E-state index is 0.233. The van der Waals surface area contributed by atoms with Gasteiger partial charge in [-0.3, -0.25) is 0 Å². The summed E-state index contributed by atoms with van der Waals surface area (Å²) < 4.78 is 0. The van der Waals surface area contributed by atoms with Crippen molar-refractivity contribution in [3.63, 3.8) is 0 Å². The van der Waals surface area contributed by atoms with E-state index in [1.165, 1.54) is 0 Å². The lowest BCUT2D eigenvalue weighted by Gasteiger charge is -2.03. The Labute approximate surface area is 110 Å². The number of hydrogen-bond acceptors (Lipinski definition) is 4. The summed E-state index contributed by atoms with van der Waals surface area (Å²) in [5, 5.41) is 18.9. The zero-order valence-corrected chi connectivity index (χ0v) is 10.5.